The Morgan fingerprint density at radius 1 is 1.50 bits per heavy atom. The highest BCUT2D eigenvalue weighted by Crippen LogP contribution is 2.16. The van der Waals surface area contributed by atoms with Gasteiger partial charge in [0.1, 0.15) is 0 Å². The van der Waals surface area contributed by atoms with Crippen LogP contribution < -0.4 is 0 Å². The minimum Gasteiger partial charge on any atom is -0.288 e. The molecule has 16 heavy (non-hydrogen) atoms. The zero-order chi connectivity index (χ0) is 12.0. The Bertz CT molecular complexity index is 399. The molecule has 86 valence electrons. The van der Waals surface area contributed by atoms with E-state index in [2.05, 4.69) is 12.2 Å². The van der Waals surface area contributed by atoms with E-state index in [1.807, 2.05) is 25.1 Å². The second-order valence-corrected chi connectivity index (χ2v) is 5.24. The Kier molecular flexibility index (Phi) is 5.64. The van der Waals surface area contributed by atoms with Crippen LogP contribution in [-0.2, 0) is 4.79 Å². The van der Waals surface area contributed by atoms with Crippen molar-refractivity contribution in [1.82, 2.24) is 0 Å². The van der Waals surface area contributed by atoms with Crippen molar-refractivity contribution in [3.05, 3.63) is 40.4 Å². The number of carbonyl (C=O) groups excluding carboxylic acids is 1. The first-order valence-corrected chi connectivity index (χ1v) is 6.52. The topological polar surface area (TPSA) is 17.1 Å². The third kappa shape index (κ3) is 4.86. The lowest BCUT2D eigenvalue weighted by molar-refractivity contribution is -0.109. The molecule has 0 radical (unpaired) electrons. The Balaban J connectivity index is 2.47. The molecule has 0 amide bonds. The van der Waals surface area contributed by atoms with Crippen molar-refractivity contribution in [2.45, 2.75) is 20.3 Å². The van der Waals surface area contributed by atoms with Crippen molar-refractivity contribution in [2.75, 3.05) is 5.75 Å². The third-order valence-corrected chi connectivity index (χ3v) is 3.20. The summed E-state index contributed by atoms with van der Waals surface area (Å²) >= 11 is 7.23. The summed E-state index contributed by atoms with van der Waals surface area (Å²) in [5.74, 6) is 0.846. The molecule has 3 heteroatoms. The lowest BCUT2D eigenvalue weighted by Crippen LogP contribution is -1.84. The van der Waals surface area contributed by atoms with Gasteiger partial charge < -0.3 is 0 Å². The van der Waals surface area contributed by atoms with Gasteiger partial charge in [0.25, 0.3) is 0 Å². The lowest BCUT2D eigenvalue weighted by Gasteiger charge is -2.00. The second-order valence-electron chi connectivity index (χ2n) is 3.53. The summed E-state index contributed by atoms with van der Waals surface area (Å²) in [7, 11) is 0. The van der Waals surface area contributed by atoms with Gasteiger partial charge in [-0.3, -0.25) is 4.79 Å². The van der Waals surface area contributed by atoms with E-state index < -0.39 is 0 Å². The van der Waals surface area contributed by atoms with E-state index in [0.29, 0.717) is 0 Å². The number of hydrogen-bond donors (Lipinski definition) is 0. The highest BCUT2D eigenvalue weighted by molar-refractivity contribution is 8.13. The van der Waals surface area contributed by atoms with Crippen LogP contribution in [0.2, 0.25) is 5.02 Å². The van der Waals surface area contributed by atoms with Crippen molar-refractivity contribution < 1.29 is 4.79 Å². The van der Waals surface area contributed by atoms with Crippen molar-refractivity contribution in [3.8, 4) is 0 Å². The zero-order valence-electron chi connectivity index (χ0n) is 9.50. The first-order valence-electron chi connectivity index (χ1n) is 5.15. The van der Waals surface area contributed by atoms with Gasteiger partial charge in [-0.1, -0.05) is 41.6 Å². The highest BCUT2D eigenvalue weighted by Gasteiger charge is 1.95. The fourth-order valence-electron chi connectivity index (χ4n) is 1.31. The molecule has 1 rings (SSSR count). The summed E-state index contributed by atoms with van der Waals surface area (Å²) < 4.78 is 0. The molecule has 0 aromatic heterocycles. The van der Waals surface area contributed by atoms with Gasteiger partial charge in [-0.25, -0.2) is 0 Å². The van der Waals surface area contributed by atoms with E-state index in [0.717, 1.165) is 17.2 Å². The van der Waals surface area contributed by atoms with Crippen LogP contribution in [0.3, 0.4) is 0 Å². The predicted octanol–water partition coefficient (Wildman–Crippen LogP) is 4.33. The van der Waals surface area contributed by atoms with Gasteiger partial charge in [-0.15, -0.1) is 0 Å². The molecule has 1 aromatic carbocycles. The average Bonchev–Trinajstić information content (AvgIpc) is 2.20. The van der Waals surface area contributed by atoms with Crippen LogP contribution in [0.4, 0.5) is 0 Å². The molecule has 0 unspecified atom stereocenters. The van der Waals surface area contributed by atoms with Crippen LogP contribution in [-0.4, -0.2) is 10.9 Å². The smallest absolute Gasteiger partial charge is 0.185 e. The Labute approximate surface area is 106 Å². The Morgan fingerprint density at radius 3 is 2.88 bits per heavy atom. The molecular weight excluding hydrogens is 240 g/mol. The standard InChI is InChI=1S/C13H15ClOS/c1-10-9-13(14)7-6-12(10)5-3-4-8-16-11(2)15/h3,5-7,9H,4,8H2,1-2H3. The molecule has 0 fully saturated rings. The number of rotatable bonds is 4. The maximum atomic E-state index is 10.7. The Morgan fingerprint density at radius 2 is 2.25 bits per heavy atom. The average molecular weight is 255 g/mol. The number of allylic oxidation sites excluding steroid dienone is 1. The molecule has 0 spiro atoms. The number of hydrogen-bond acceptors (Lipinski definition) is 2. The van der Waals surface area contributed by atoms with E-state index in [9.17, 15) is 4.79 Å². The maximum absolute atomic E-state index is 10.7. The highest BCUT2D eigenvalue weighted by atomic mass is 35.5. The SMILES string of the molecule is CC(=O)SCCC=Cc1ccc(Cl)cc1C. The molecule has 0 aliphatic rings. The van der Waals surface area contributed by atoms with Gasteiger partial charge in [-0.2, -0.15) is 0 Å². The van der Waals surface area contributed by atoms with Gasteiger partial charge in [0.05, 0.1) is 0 Å². The number of benzene rings is 1. The maximum Gasteiger partial charge on any atom is 0.185 e. The summed E-state index contributed by atoms with van der Waals surface area (Å²) in [6, 6.07) is 5.84. The number of carbonyl (C=O) groups is 1. The van der Waals surface area contributed by atoms with Crippen molar-refractivity contribution in [2.24, 2.45) is 0 Å². The number of aryl methyl sites for hydroxylation is 1. The van der Waals surface area contributed by atoms with Crippen LogP contribution in [0.15, 0.2) is 24.3 Å². The summed E-state index contributed by atoms with van der Waals surface area (Å²) in [5, 5.41) is 0.942. The normalized spacial score (nSPS) is 10.9. The number of halogens is 1. The van der Waals surface area contributed by atoms with Crippen molar-refractivity contribution in [1.29, 1.82) is 0 Å². The molecule has 1 nitrogen and oxygen atoms in total. The van der Waals surface area contributed by atoms with Gasteiger partial charge in [0, 0.05) is 17.7 Å². The van der Waals surface area contributed by atoms with Crippen LogP contribution in [0.25, 0.3) is 6.08 Å². The van der Waals surface area contributed by atoms with E-state index in [4.69, 9.17) is 11.6 Å². The molecule has 0 atom stereocenters. The second kappa shape index (κ2) is 6.77. The van der Waals surface area contributed by atoms with E-state index in [1.54, 1.807) is 6.92 Å². The molecule has 1 aromatic rings. The first-order chi connectivity index (χ1) is 7.59. The largest absolute Gasteiger partial charge is 0.288 e. The fourth-order valence-corrected chi connectivity index (χ4v) is 2.08. The lowest BCUT2D eigenvalue weighted by atomic mass is 10.1. The molecule has 0 heterocycles. The van der Waals surface area contributed by atoms with Crippen LogP contribution in [0.1, 0.15) is 24.5 Å². The molecular formula is C13H15ClOS. The zero-order valence-corrected chi connectivity index (χ0v) is 11.1. The molecule has 0 aliphatic carbocycles. The molecule has 0 N–H and O–H groups in total. The molecule has 0 aliphatic heterocycles. The van der Waals surface area contributed by atoms with Crippen molar-refractivity contribution >= 4 is 34.6 Å². The summed E-state index contributed by atoms with van der Waals surface area (Å²) in [6.45, 7) is 3.63. The van der Waals surface area contributed by atoms with Gasteiger partial charge in [0.15, 0.2) is 5.12 Å². The van der Waals surface area contributed by atoms with Crippen LogP contribution >= 0.6 is 23.4 Å². The van der Waals surface area contributed by atoms with Gasteiger partial charge in [0.2, 0.25) is 0 Å². The number of thioether (sulfide) groups is 1. The van der Waals surface area contributed by atoms with Crippen LogP contribution in [0.5, 0.6) is 0 Å². The third-order valence-electron chi connectivity index (χ3n) is 2.12. The summed E-state index contributed by atoms with van der Waals surface area (Å²) in [4.78, 5) is 10.7. The summed E-state index contributed by atoms with van der Waals surface area (Å²) in [6.07, 6.45) is 5.07. The van der Waals surface area contributed by atoms with Crippen molar-refractivity contribution in [3.63, 3.8) is 0 Å². The van der Waals surface area contributed by atoms with Gasteiger partial charge in [-0.05, 0) is 36.6 Å². The minimum atomic E-state index is 0.177. The van der Waals surface area contributed by atoms with Crippen LogP contribution in [0, 0.1) is 6.92 Å². The molecule has 0 saturated heterocycles. The first kappa shape index (κ1) is 13.3. The quantitative estimate of drug-likeness (QED) is 0.744. The Hall–Kier alpha value is -0.730. The molecule has 0 bridgehead atoms. The van der Waals surface area contributed by atoms with E-state index in [1.165, 1.54) is 22.9 Å². The summed E-state index contributed by atoms with van der Waals surface area (Å²) in [5.41, 5.74) is 2.35. The monoisotopic (exact) mass is 254 g/mol. The molecule has 0 saturated carbocycles. The van der Waals surface area contributed by atoms with Gasteiger partial charge >= 0.3 is 0 Å². The van der Waals surface area contributed by atoms with E-state index in [-0.39, 0.29) is 5.12 Å². The minimum absolute atomic E-state index is 0.177. The predicted molar refractivity (Wildman–Crippen MR) is 73.0 cm³/mol. The van der Waals surface area contributed by atoms with E-state index >= 15 is 0 Å². The fraction of sp³-hybridized carbons (Fsp3) is 0.308.